The van der Waals surface area contributed by atoms with Crippen LogP contribution in [0, 0.1) is 11.7 Å². The Morgan fingerprint density at radius 2 is 1.92 bits per heavy atom. The zero-order valence-electron chi connectivity index (χ0n) is 13.6. The average molecular weight is 381 g/mol. The zero-order valence-corrected chi connectivity index (χ0v) is 15.2. The van der Waals surface area contributed by atoms with Crippen molar-refractivity contribution >= 4 is 34.8 Å². The summed E-state index contributed by atoms with van der Waals surface area (Å²) in [6.45, 7) is 1.79. The summed E-state index contributed by atoms with van der Waals surface area (Å²) in [7, 11) is 0. The van der Waals surface area contributed by atoms with Crippen molar-refractivity contribution in [2.24, 2.45) is 5.92 Å². The normalized spacial score (nSPS) is 18.1. The largest absolute Gasteiger partial charge is 0.324 e. The van der Waals surface area contributed by atoms with Crippen LogP contribution in [0.3, 0.4) is 0 Å². The highest BCUT2D eigenvalue weighted by Crippen LogP contribution is 2.26. The van der Waals surface area contributed by atoms with Crippen LogP contribution in [0.15, 0.2) is 42.5 Å². The molecule has 132 valence electrons. The van der Waals surface area contributed by atoms with E-state index in [1.807, 2.05) is 12.1 Å². The van der Waals surface area contributed by atoms with Crippen molar-refractivity contribution in [2.45, 2.75) is 19.4 Å². The van der Waals surface area contributed by atoms with Gasteiger partial charge in [-0.2, -0.15) is 0 Å². The van der Waals surface area contributed by atoms with E-state index in [0.29, 0.717) is 34.4 Å². The maximum absolute atomic E-state index is 14.0. The fourth-order valence-corrected chi connectivity index (χ4v) is 3.52. The molecule has 0 bridgehead atoms. The number of carbonyl (C=O) groups excluding carboxylic acids is 1. The molecule has 1 amide bonds. The van der Waals surface area contributed by atoms with Crippen LogP contribution in [-0.4, -0.2) is 23.9 Å². The van der Waals surface area contributed by atoms with Crippen LogP contribution < -0.4 is 5.32 Å². The Labute approximate surface area is 156 Å². The fourth-order valence-electron chi connectivity index (χ4n) is 3.12. The number of piperidine rings is 1. The number of nitrogens with one attached hydrogen (secondary N) is 1. The Morgan fingerprint density at radius 1 is 1.16 bits per heavy atom. The summed E-state index contributed by atoms with van der Waals surface area (Å²) < 4.78 is 14.0. The number of hydrogen-bond acceptors (Lipinski definition) is 2. The van der Waals surface area contributed by atoms with Gasteiger partial charge in [-0.1, -0.05) is 41.4 Å². The van der Waals surface area contributed by atoms with Crippen molar-refractivity contribution in [3.8, 4) is 0 Å². The van der Waals surface area contributed by atoms with E-state index in [1.165, 1.54) is 6.07 Å². The van der Waals surface area contributed by atoms with E-state index in [2.05, 4.69) is 10.2 Å². The van der Waals surface area contributed by atoms with Gasteiger partial charge >= 0.3 is 0 Å². The highest BCUT2D eigenvalue weighted by atomic mass is 35.5. The van der Waals surface area contributed by atoms with Crippen molar-refractivity contribution < 1.29 is 9.18 Å². The van der Waals surface area contributed by atoms with Gasteiger partial charge in [-0.3, -0.25) is 9.69 Å². The molecule has 1 aliphatic heterocycles. The third kappa shape index (κ3) is 4.51. The summed E-state index contributed by atoms with van der Waals surface area (Å²) >= 11 is 12.2. The number of amides is 1. The standard InChI is InChI=1S/C19H19Cl2FN2O/c20-15-7-3-8-17(22)14(15)12-24-10-4-5-13(11-24)19(25)23-18-9-2-1-6-16(18)21/h1-3,6-9,13H,4-5,10-12H2,(H,23,25). The molecule has 0 aliphatic carbocycles. The minimum Gasteiger partial charge on any atom is -0.324 e. The van der Waals surface area contributed by atoms with Crippen LogP contribution in [-0.2, 0) is 11.3 Å². The number of likely N-dealkylation sites (tertiary alicyclic amines) is 1. The van der Waals surface area contributed by atoms with E-state index in [0.717, 1.165) is 19.4 Å². The van der Waals surface area contributed by atoms with Gasteiger partial charge in [0.05, 0.1) is 16.6 Å². The first-order chi connectivity index (χ1) is 12.0. The van der Waals surface area contributed by atoms with Gasteiger partial charge in [0, 0.05) is 23.7 Å². The van der Waals surface area contributed by atoms with E-state index in [1.54, 1.807) is 24.3 Å². The molecule has 1 saturated heterocycles. The molecule has 25 heavy (non-hydrogen) atoms. The number of halogens is 3. The lowest BCUT2D eigenvalue weighted by atomic mass is 9.96. The predicted molar refractivity (Wildman–Crippen MR) is 99.5 cm³/mol. The van der Waals surface area contributed by atoms with Crippen LogP contribution in [0.2, 0.25) is 10.0 Å². The van der Waals surface area contributed by atoms with Gasteiger partial charge in [0.15, 0.2) is 0 Å². The van der Waals surface area contributed by atoms with E-state index in [9.17, 15) is 9.18 Å². The smallest absolute Gasteiger partial charge is 0.228 e. The SMILES string of the molecule is O=C(Nc1ccccc1Cl)C1CCCN(Cc2c(F)cccc2Cl)C1. The third-order valence-corrected chi connectivity index (χ3v) is 5.14. The highest BCUT2D eigenvalue weighted by Gasteiger charge is 2.27. The Kier molecular flexibility index (Phi) is 5.94. The molecule has 1 heterocycles. The highest BCUT2D eigenvalue weighted by molar-refractivity contribution is 6.33. The summed E-state index contributed by atoms with van der Waals surface area (Å²) in [5.41, 5.74) is 1.10. The quantitative estimate of drug-likeness (QED) is 0.810. The lowest BCUT2D eigenvalue weighted by Crippen LogP contribution is -2.40. The first kappa shape index (κ1) is 18.2. The van der Waals surface area contributed by atoms with E-state index in [-0.39, 0.29) is 17.6 Å². The predicted octanol–water partition coefficient (Wildman–Crippen LogP) is 4.98. The van der Waals surface area contributed by atoms with E-state index >= 15 is 0 Å². The molecule has 1 atom stereocenters. The summed E-state index contributed by atoms with van der Waals surface area (Å²) in [4.78, 5) is 14.6. The molecule has 0 saturated carbocycles. The van der Waals surface area contributed by atoms with Crippen molar-refractivity contribution in [1.82, 2.24) is 4.90 Å². The lowest BCUT2D eigenvalue weighted by Gasteiger charge is -2.32. The summed E-state index contributed by atoms with van der Waals surface area (Å²) in [5, 5.41) is 3.82. The number of nitrogens with zero attached hydrogens (tertiary/aromatic N) is 1. The molecule has 1 fully saturated rings. The van der Waals surface area contributed by atoms with Crippen LogP contribution in [0.5, 0.6) is 0 Å². The number of rotatable bonds is 4. The minimum atomic E-state index is -0.310. The van der Waals surface area contributed by atoms with Gasteiger partial charge in [0.25, 0.3) is 0 Å². The molecule has 3 nitrogen and oxygen atoms in total. The van der Waals surface area contributed by atoms with Gasteiger partial charge < -0.3 is 5.32 Å². The first-order valence-corrected chi connectivity index (χ1v) is 9.01. The zero-order chi connectivity index (χ0) is 17.8. The van der Waals surface area contributed by atoms with Gasteiger partial charge in [-0.15, -0.1) is 0 Å². The second-order valence-electron chi connectivity index (χ2n) is 6.24. The van der Waals surface area contributed by atoms with Crippen LogP contribution in [0.1, 0.15) is 18.4 Å². The number of benzene rings is 2. The fraction of sp³-hybridized carbons (Fsp3) is 0.316. The summed E-state index contributed by atoms with van der Waals surface area (Å²) in [5.74, 6) is -0.525. The lowest BCUT2D eigenvalue weighted by molar-refractivity contribution is -0.121. The molecular weight excluding hydrogens is 362 g/mol. The number of para-hydroxylation sites is 1. The van der Waals surface area contributed by atoms with Gasteiger partial charge in [-0.05, 0) is 43.7 Å². The minimum absolute atomic E-state index is 0.0579. The van der Waals surface area contributed by atoms with E-state index < -0.39 is 0 Å². The Morgan fingerprint density at radius 3 is 2.68 bits per heavy atom. The Hall–Kier alpha value is -1.62. The van der Waals surface area contributed by atoms with Crippen molar-refractivity contribution in [1.29, 1.82) is 0 Å². The second kappa shape index (κ2) is 8.17. The maximum atomic E-state index is 14.0. The molecule has 2 aromatic carbocycles. The number of anilines is 1. The summed E-state index contributed by atoms with van der Waals surface area (Å²) in [6, 6.07) is 11.9. The molecule has 1 aliphatic rings. The molecular formula is C19H19Cl2FN2O. The summed E-state index contributed by atoms with van der Waals surface area (Å²) in [6.07, 6.45) is 1.68. The molecule has 0 radical (unpaired) electrons. The molecule has 1 N–H and O–H groups in total. The Bertz CT molecular complexity index is 749. The Balaban J connectivity index is 1.65. The second-order valence-corrected chi connectivity index (χ2v) is 7.06. The topological polar surface area (TPSA) is 32.3 Å². The molecule has 1 unspecified atom stereocenters. The number of hydrogen-bond donors (Lipinski definition) is 1. The monoisotopic (exact) mass is 380 g/mol. The van der Waals surface area contributed by atoms with Crippen LogP contribution >= 0.6 is 23.2 Å². The number of carbonyl (C=O) groups is 1. The van der Waals surface area contributed by atoms with Gasteiger partial charge in [0.2, 0.25) is 5.91 Å². The molecule has 0 spiro atoms. The van der Waals surface area contributed by atoms with E-state index in [4.69, 9.17) is 23.2 Å². The molecule has 0 aromatic heterocycles. The third-order valence-electron chi connectivity index (χ3n) is 4.45. The van der Waals surface area contributed by atoms with Crippen LogP contribution in [0.25, 0.3) is 0 Å². The van der Waals surface area contributed by atoms with Crippen molar-refractivity contribution in [2.75, 3.05) is 18.4 Å². The molecule has 3 rings (SSSR count). The van der Waals surface area contributed by atoms with Gasteiger partial charge in [0.1, 0.15) is 5.82 Å². The average Bonchev–Trinajstić information content (AvgIpc) is 2.60. The van der Waals surface area contributed by atoms with Crippen LogP contribution in [0.4, 0.5) is 10.1 Å². The van der Waals surface area contributed by atoms with Crippen molar-refractivity contribution in [3.05, 3.63) is 63.9 Å². The van der Waals surface area contributed by atoms with Gasteiger partial charge in [-0.25, -0.2) is 4.39 Å². The maximum Gasteiger partial charge on any atom is 0.228 e. The van der Waals surface area contributed by atoms with Crippen molar-refractivity contribution in [3.63, 3.8) is 0 Å². The first-order valence-electron chi connectivity index (χ1n) is 8.25. The molecule has 2 aromatic rings. The molecule has 6 heteroatoms.